The molecule has 0 bridgehead atoms. The molecule has 1 fully saturated rings. The fourth-order valence-corrected chi connectivity index (χ4v) is 3.41. The number of hydrogen-bond acceptors (Lipinski definition) is 5. The molecule has 1 N–H and O–H groups in total. The average Bonchev–Trinajstić information content (AvgIpc) is 3.16. The molecule has 1 aromatic heterocycles. The van der Waals surface area contributed by atoms with E-state index in [0.717, 1.165) is 36.5 Å². The van der Waals surface area contributed by atoms with E-state index in [9.17, 15) is 4.79 Å². The molecule has 6 heteroatoms. The topological polar surface area (TPSA) is 63.7 Å². The zero-order valence-electron chi connectivity index (χ0n) is 17.7. The molecule has 0 spiro atoms. The smallest absolute Gasteiger partial charge is 0.220 e. The van der Waals surface area contributed by atoms with Crippen LogP contribution in [0.5, 0.6) is 11.6 Å². The summed E-state index contributed by atoms with van der Waals surface area (Å²) in [5, 5.41) is 2.98. The SMILES string of the molecule is CCC(=O)N[C@@H](C)c1ccc(O[C@@H]2CCN(c3ccnc(OC(C)C)c3)C2)cc1. The Balaban J connectivity index is 1.55. The number of amides is 1. The molecule has 0 unspecified atom stereocenters. The number of ether oxygens (including phenoxy) is 2. The summed E-state index contributed by atoms with van der Waals surface area (Å²) in [6.45, 7) is 9.61. The van der Waals surface area contributed by atoms with Gasteiger partial charge in [-0.3, -0.25) is 4.79 Å². The predicted octanol–water partition coefficient (Wildman–Crippen LogP) is 4.11. The summed E-state index contributed by atoms with van der Waals surface area (Å²) < 4.78 is 11.9. The third-order valence-corrected chi connectivity index (χ3v) is 4.97. The van der Waals surface area contributed by atoms with Crippen LogP contribution in [0.4, 0.5) is 5.69 Å². The summed E-state index contributed by atoms with van der Waals surface area (Å²) in [6, 6.07) is 12.0. The van der Waals surface area contributed by atoms with E-state index in [4.69, 9.17) is 9.47 Å². The predicted molar refractivity (Wildman–Crippen MR) is 115 cm³/mol. The highest BCUT2D eigenvalue weighted by atomic mass is 16.5. The lowest BCUT2D eigenvalue weighted by Gasteiger charge is -2.20. The molecule has 1 aliphatic rings. The van der Waals surface area contributed by atoms with Gasteiger partial charge in [0, 0.05) is 37.3 Å². The van der Waals surface area contributed by atoms with Crippen molar-refractivity contribution in [3.63, 3.8) is 0 Å². The maximum Gasteiger partial charge on any atom is 0.220 e. The number of carbonyl (C=O) groups excluding carboxylic acids is 1. The summed E-state index contributed by atoms with van der Waals surface area (Å²) in [6.07, 6.45) is 3.49. The highest BCUT2D eigenvalue weighted by molar-refractivity contribution is 5.76. The first kappa shape index (κ1) is 21.0. The highest BCUT2D eigenvalue weighted by Gasteiger charge is 2.25. The third-order valence-electron chi connectivity index (χ3n) is 4.97. The number of aromatic nitrogens is 1. The van der Waals surface area contributed by atoms with E-state index in [1.165, 1.54) is 0 Å². The van der Waals surface area contributed by atoms with E-state index in [1.807, 2.05) is 64.1 Å². The van der Waals surface area contributed by atoms with E-state index in [0.29, 0.717) is 12.3 Å². The second-order valence-electron chi connectivity index (χ2n) is 7.71. The Hall–Kier alpha value is -2.76. The molecule has 3 rings (SSSR count). The van der Waals surface area contributed by atoms with Crippen molar-refractivity contribution in [1.82, 2.24) is 10.3 Å². The van der Waals surface area contributed by atoms with Gasteiger partial charge in [-0.05, 0) is 44.5 Å². The first-order chi connectivity index (χ1) is 13.9. The van der Waals surface area contributed by atoms with Crippen molar-refractivity contribution in [3.05, 3.63) is 48.2 Å². The van der Waals surface area contributed by atoms with E-state index < -0.39 is 0 Å². The van der Waals surface area contributed by atoms with E-state index in [-0.39, 0.29) is 24.2 Å². The van der Waals surface area contributed by atoms with Gasteiger partial charge in [-0.1, -0.05) is 19.1 Å². The second-order valence-corrected chi connectivity index (χ2v) is 7.71. The Morgan fingerprint density at radius 2 is 2.00 bits per heavy atom. The maximum atomic E-state index is 11.6. The Bertz CT molecular complexity index is 807. The zero-order valence-corrected chi connectivity index (χ0v) is 17.7. The average molecular weight is 398 g/mol. The van der Waals surface area contributed by atoms with E-state index in [1.54, 1.807) is 6.20 Å². The monoisotopic (exact) mass is 397 g/mol. The van der Waals surface area contributed by atoms with Crippen LogP contribution in [0.1, 0.15) is 52.1 Å². The van der Waals surface area contributed by atoms with E-state index >= 15 is 0 Å². The first-order valence-corrected chi connectivity index (χ1v) is 10.4. The van der Waals surface area contributed by atoms with Crippen molar-refractivity contribution in [3.8, 4) is 11.6 Å². The van der Waals surface area contributed by atoms with Crippen molar-refractivity contribution >= 4 is 11.6 Å². The van der Waals surface area contributed by atoms with Crippen molar-refractivity contribution in [2.45, 2.75) is 58.8 Å². The van der Waals surface area contributed by atoms with Gasteiger partial charge in [0.1, 0.15) is 11.9 Å². The van der Waals surface area contributed by atoms with Gasteiger partial charge in [-0.25, -0.2) is 4.98 Å². The molecule has 0 aliphatic carbocycles. The summed E-state index contributed by atoms with van der Waals surface area (Å²) >= 11 is 0. The summed E-state index contributed by atoms with van der Waals surface area (Å²) in [7, 11) is 0. The van der Waals surface area contributed by atoms with Gasteiger partial charge in [0.05, 0.1) is 18.7 Å². The summed E-state index contributed by atoms with van der Waals surface area (Å²) in [5.41, 5.74) is 2.18. The number of carbonyl (C=O) groups is 1. The largest absolute Gasteiger partial charge is 0.489 e. The standard InChI is InChI=1S/C23H31N3O3/c1-5-22(27)25-17(4)18-6-8-20(9-7-18)29-21-11-13-26(15-21)19-10-12-24-23(14-19)28-16(2)3/h6-10,12,14,16-17,21H,5,11,13,15H2,1-4H3,(H,25,27)/t17-,21+/m0/s1. The number of nitrogens with one attached hydrogen (secondary N) is 1. The molecule has 0 radical (unpaired) electrons. The van der Waals surface area contributed by atoms with Crippen molar-refractivity contribution in [1.29, 1.82) is 0 Å². The lowest BCUT2D eigenvalue weighted by Crippen LogP contribution is -2.25. The fraction of sp³-hybridized carbons (Fsp3) is 0.478. The molecule has 156 valence electrons. The fourth-order valence-electron chi connectivity index (χ4n) is 3.41. The second kappa shape index (κ2) is 9.63. The number of pyridine rings is 1. The summed E-state index contributed by atoms with van der Waals surface area (Å²) in [5.74, 6) is 1.57. The van der Waals surface area contributed by atoms with Gasteiger partial charge in [0.2, 0.25) is 11.8 Å². The van der Waals surface area contributed by atoms with Crippen LogP contribution in [0.15, 0.2) is 42.6 Å². The van der Waals surface area contributed by atoms with Crippen LogP contribution in [-0.2, 0) is 4.79 Å². The van der Waals surface area contributed by atoms with Crippen LogP contribution in [0.2, 0.25) is 0 Å². The number of nitrogens with zero attached hydrogens (tertiary/aromatic N) is 2. The highest BCUT2D eigenvalue weighted by Crippen LogP contribution is 2.26. The molecule has 2 atom stereocenters. The molecule has 2 aromatic rings. The van der Waals surface area contributed by atoms with Crippen LogP contribution < -0.4 is 19.7 Å². The molecule has 1 saturated heterocycles. The molecular formula is C23H31N3O3. The van der Waals surface area contributed by atoms with Crippen molar-refractivity contribution in [2.24, 2.45) is 0 Å². The van der Waals surface area contributed by atoms with Gasteiger partial charge in [0.15, 0.2) is 0 Å². The van der Waals surface area contributed by atoms with Crippen molar-refractivity contribution < 1.29 is 14.3 Å². The van der Waals surface area contributed by atoms with E-state index in [2.05, 4.69) is 15.2 Å². The Kier molecular flexibility index (Phi) is 6.96. The first-order valence-electron chi connectivity index (χ1n) is 10.4. The number of hydrogen-bond donors (Lipinski definition) is 1. The van der Waals surface area contributed by atoms with Crippen LogP contribution in [0.3, 0.4) is 0 Å². The number of anilines is 1. The van der Waals surface area contributed by atoms with Crippen LogP contribution in [-0.4, -0.2) is 36.2 Å². The van der Waals surface area contributed by atoms with Gasteiger partial charge < -0.3 is 19.7 Å². The molecule has 2 heterocycles. The third kappa shape index (κ3) is 5.86. The van der Waals surface area contributed by atoms with Crippen LogP contribution >= 0.6 is 0 Å². The van der Waals surface area contributed by atoms with Crippen LogP contribution in [0, 0.1) is 0 Å². The minimum absolute atomic E-state index is 0.00702. The molecular weight excluding hydrogens is 366 g/mol. The molecule has 0 saturated carbocycles. The minimum Gasteiger partial charge on any atom is -0.489 e. The van der Waals surface area contributed by atoms with Crippen LogP contribution in [0.25, 0.3) is 0 Å². The maximum absolute atomic E-state index is 11.6. The Morgan fingerprint density at radius 1 is 1.24 bits per heavy atom. The Morgan fingerprint density at radius 3 is 2.69 bits per heavy atom. The number of benzene rings is 1. The Labute approximate surface area is 173 Å². The van der Waals surface area contributed by atoms with Gasteiger partial charge >= 0.3 is 0 Å². The molecule has 1 aromatic carbocycles. The van der Waals surface area contributed by atoms with Gasteiger partial charge in [-0.2, -0.15) is 0 Å². The molecule has 29 heavy (non-hydrogen) atoms. The minimum atomic E-state index is -0.00702. The quantitative estimate of drug-likeness (QED) is 0.726. The van der Waals surface area contributed by atoms with Gasteiger partial charge in [0.25, 0.3) is 0 Å². The van der Waals surface area contributed by atoms with Gasteiger partial charge in [-0.15, -0.1) is 0 Å². The molecule has 1 amide bonds. The zero-order chi connectivity index (χ0) is 20.8. The lowest BCUT2D eigenvalue weighted by atomic mass is 10.1. The molecule has 6 nitrogen and oxygen atoms in total. The number of rotatable bonds is 8. The summed E-state index contributed by atoms with van der Waals surface area (Å²) in [4.78, 5) is 18.1. The van der Waals surface area contributed by atoms with Crippen molar-refractivity contribution in [2.75, 3.05) is 18.0 Å². The lowest BCUT2D eigenvalue weighted by molar-refractivity contribution is -0.121. The normalized spacial score (nSPS) is 17.3. The molecule has 1 aliphatic heterocycles.